The maximum absolute atomic E-state index is 11.2. The second-order valence-electron chi connectivity index (χ2n) is 5.09. The normalized spacial score (nSPS) is 14.7. The number of carbonyl (C=O) groups is 1. The van der Waals surface area contributed by atoms with Crippen molar-refractivity contribution in [3.05, 3.63) is 39.3 Å². The van der Waals surface area contributed by atoms with Crippen molar-refractivity contribution in [2.24, 2.45) is 0 Å². The van der Waals surface area contributed by atoms with E-state index in [0.717, 1.165) is 24.2 Å². The number of carboxylic acid groups (broad SMARTS) is 1. The molecular formula is C14H10ClN3O2S. The van der Waals surface area contributed by atoms with E-state index < -0.39 is 5.97 Å². The summed E-state index contributed by atoms with van der Waals surface area (Å²) in [6.07, 6.45) is 2.31. The largest absolute Gasteiger partial charge is 0.476 e. The molecule has 5 nitrogen and oxygen atoms in total. The van der Waals surface area contributed by atoms with Gasteiger partial charge in [0.15, 0.2) is 5.69 Å². The van der Waals surface area contributed by atoms with Gasteiger partial charge in [-0.3, -0.25) is 0 Å². The lowest BCUT2D eigenvalue weighted by atomic mass is 10.1. The molecule has 0 aliphatic heterocycles. The molecule has 3 aromatic rings. The van der Waals surface area contributed by atoms with E-state index in [4.69, 9.17) is 11.6 Å². The number of halogens is 1. The number of hydrogen-bond donors (Lipinski definition) is 1. The van der Waals surface area contributed by atoms with Crippen molar-refractivity contribution >= 4 is 34.4 Å². The van der Waals surface area contributed by atoms with E-state index in [1.807, 2.05) is 17.5 Å². The van der Waals surface area contributed by atoms with Crippen LogP contribution in [-0.4, -0.2) is 25.7 Å². The summed E-state index contributed by atoms with van der Waals surface area (Å²) in [5.74, 6) is -0.590. The molecule has 106 valence electrons. The summed E-state index contributed by atoms with van der Waals surface area (Å²) < 4.78 is 1.58. The van der Waals surface area contributed by atoms with Gasteiger partial charge in [0.2, 0.25) is 0 Å². The molecule has 1 fully saturated rings. The number of pyridine rings is 1. The number of thiazole rings is 1. The average molecular weight is 320 g/mol. The summed E-state index contributed by atoms with van der Waals surface area (Å²) in [6.45, 7) is 0. The van der Waals surface area contributed by atoms with Gasteiger partial charge in [-0.1, -0.05) is 11.6 Å². The summed E-state index contributed by atoms with van der Waals surface area (Å²) in [7, 11) is 0. The second kappa shape index (κ2) is 4.54. The van der Waals surface area contributed by atoms with Gasteiger partial charge in [-0.15, -0.1) is 11.3 Å². The van der Waals surface area contributed by atoms with Gasteiger partial charge in [0.05, 0.1) is 22.4 Å². The molecule has 1 aliphatic carbocycles. The standard InChI is InChI=1S/C14H10ClN3O2S/c15-12-11-4-8(7-1-2-7)3-10(9-5-21-6-16-9)18(11)17-13(12)14(19)20/h3-7H,1-2H2,(H,19,20). The Hall–Kier alpha value is -1.92. The first-order valence-electron chi connectivity index (χ1n) is 6.49. The van der Waals surface area contributed by atoms with Gasteiger partial charge in [0.1, 0.15) is 5.02 Å². The second-order valence-corrected chi connectivity index (χ2v) is 6.18. The van der Waals surface area contributed by atoms with Crippen molar-refractivity contribution in [3.8, 4) is 11.4 Å². The van der Waals surface area contributed by atoms with Crippen molar-refractivity contribution in [3.63, 3.8) is 0 Å². The minimum atomic E-state index is -1.12. The topological polar surface area (TPSA) is 67.5 Å². The van der Waals surface area contributed by atoms with E-state index in [0.29, 0.717) is 11.4 Å². The number of hydrogen-bond acceptors (Lipinski definition) is 4. The van der Waals surface area contributed by atoms with Gasteiger partial charge in [-0.05, 0) is 36.5 Å². The number of aromatic nitrogens is 3. The molecule has 3 heterocycles. The van der Waals surface area contributed by atoms with Crippen LogP contribution in [0, 0.1) is 0 Å². The Morgan fingerprint density at radius 3 is 2.86 bits per heavy atom. The third-order valence-electron chi connectivity index (χ3n) is 3.64. The quantitative estimate of drug-likeness (QED) is 0.799. The number of rotatable bonds is 3. The van der Waals surface area contributed by atoms with Crippen molar-refractivity contribution < 1.29 is 9.90 Å². The summed E-state index contributed by atoms with van der Waals surface area (Å²) in [5, 5.41) is 15.4. The van der Waals surface area contributed by atoms with Crippen LogP contribution in [0.25, 0.3) is 16.9 Å². The maximum atomic E-state index is 11.2. The molecule has 0 amide bonds. The van der Waals surface area contributed by atoms with Crippen molar-refractivity contribution in [1.29, 1.82) is 0 Å². The monoisotopic (exact) mass is 319 g/mol. The zero-order valence-electron chi connectivity index (χ0n) is 10.8. The van der Waals surface area contributed by atoms with E-state index in [1.54, 1.807) is 10.0 Å². The van der Waals surface area contributed by atoms with Crippen LogP contribution in [0.5, 0.6) is 0 Å². The number of aromatic carboxylic acids is 1. The van der Waals surface area contributed by atoms with Crippen LogP contribution in [0.4, 0.5) is 0 Å². The molecule has 0 atom stereocenters. The van der Waals surface area contributed by atoms with Gasteiger partial charge in [-0.2, -0.15) is 5.10 Å². The molecule has 0 saturated heterocycles. The van der Waals surface area contributed by atoms with Crippen LogP contribution in [0.3, 0.4) is 0 Å². The molecule has 1 aliphatic rings. The lowest BCUT2D eigenvalue weighted by molar-refractivity contribution is 0.0690. The fraction of sp³-hybridized carbons (Fsp3) is 0.214. The lowest BCUT2D eigenvalue weighted by Crippen LogP contribution is -2.00. The summed E-state index contributed by atoms with van der Waals surface area (Å²) in [5.41, 5.74) is 4.98. The SMILES string of the molecule is O=C(O)c1nn2c(-c3cscn3)cc(C3CC3)cc2c1Cl. The first-order chi connectivity index (χ1) is 10.1. The molecule has 0 aromatic carbocycles. The molecule has 7 heteroatoms. The molecule has 0 unspecified atom stereocenters. The molecule has 3 aromatic heterocycles. The average Bonchev–Trinajstić information content (AvgIpc) is 3.06. The third-order valence-corrected chi connectivity index (χ3v) is 4.60. The number of carboxylic acids is 1. The zero-order valence-corrected chi connectivity index (χ0v) is 12.4. The van der Waals surface area contributed by atoms with Crippen molar-refractivity contribution in [2.45, 2.75) is 18.8 Å². The molecular weight excluding hydrogens is 310 g/mol. The Kier molecular flexibility index (Phi) is 2.77. The molecule has 21 heavy (non-hydrogen) atoms. The van der Waals surface area contributed by atoms with Crippen molar-refractivity contribution in [1.82, 2.24) is 14.6 Å². The molecule has 1 N–H and O–H groups in total. The van der Waals surface area contributed by atoms with Gasteiger partial charge >= 0.3 is 5.97 Å². The Morgan fingerprint density at radius 1 is 1.43 bits per heavy atom. The highest BCUT2D eigenvalue weighted by Gasteiger charge is 2.27. The highest BCUT2D eigenvalue weighted by Crippen LogP contribution is 2.42. The summed E-state index contributed by atoms with van der Waals surface area (Å²) in [4.78, 5) is 15.6. The molecule has 0 bridgehead atoms. The van der Waals surface area contributed by atoms with E-state index in [-0.39, 0.29) is 10.7 Å². The van der Waals surface area contributed by atoms with Crippen LogP contribution < -0.4 is 0 Å². The van der Waals surface area contributed by atoms with Gasteiger partial charge in [0, 0.05) is 5.38 Å². The predicted molar refractivity (Wildman–Crippen MR) is 80.2 cm³/mol. The number of fused-ring (bicyclic) bond motifs is 1. The van der Waals surface area contributed by atoms with E-state index in [9.17, 15) is 9.90 Å². The minimum absolute atomic E-state index is 0.124. The Morgan fingerprint density at radius 2 is 2.24 bits per heavy atom. The fourth-order valence-electron chi connectivity index (χ4n) is 2.45. The number of nitrogens with zero attached hydrogens (tertiary/aromatic N) is 3. The molecule has 1 saturated carbocycles. The van der Waals surface area contributed by atoms with E-state index >= 15 is 0 Å². The van der Waals surface area contributed by atoms with Crippen LogP contribution >= 0.6 is 22.9 Å². The highest BCUT2D eigenvalue weighted by molar-refractivity contribution is 7.07. The van der Waals surface area contributed by atoms with Gasteiger partial charge in [-0.25, -0.2) is 14.3 Å². The summed E-state index contributed by atoms with van der Waals surface area (Å²) in [6, 6.07) is 3.98. The van der Waals surface area contributed by atoms with Crippen LogP contribution in [-0.2, 0) is 0 Å². The highest BCUT2D eigenvalue weighted by atomic mass is 35.5. The van der Waals surface area contributed by atoms with Crippen LogP contribution in [0.2, 0.25) is 5.02 Å². The lowest BCUT2D eigenvalue weighted by Gasteiger charge is -2.06. The minimum Gasteiger partial charge on any atom is -0.476 e. The first kappa shape index (κ1) is 12.8. The zero-order chi connectivity index (χ0) is 14.6. The Balaban J connectivity index is 2.05. The molecule has 0 radical (unpaired) electrons. The Bertz CT molecular complexity index is 853. The summed E-state index contributed by atoms with van der Waals surface area (Å²) >= 11 is 7.69. The van der Waals surface area contributed by atoms with E-state index in [1.165, 1.54) is 16.9 Å². The van der Waals surface area contributed by atoms with Crippen molar-refractivity contribution in [2.75, 3.05) is 0 Å². The third kappa shape index (κ3) is 2.02. The van der Waals surface area contributed by atoms with Gasteiger partial charge < -0.3 is 5.11 Å². The smallest absolute Gasteiger partial charge is 0.358 e. The van der Waals surface area contributed by atoms with Crippen LogP contribution in [0.1, 0.15) is 34.8 Å². The first-order valence-corrected chi connectivity index (χ1v) is 7.81. The maximum Gasteiger partial charge on any atom is 0.358 e. The van der Waals surface area contributed by atoms with Crippen LogP contribution in [0.15, 0.2) is 23.0 Å². The van der Waals surface area contributed by atoms with Gasteiger partial charge in [0.25, 0.3) is 0 Å². The predicted octanol–water partition coefficient (Wildman–Crippen LogP) is 3.69. The Labute approximate surface area is 128 Å². The molecule has 4 rings (SSSR count). The molecule has 0 spiro atoms. The fourth-order valence-corrected chi connectivity index (χ4v) is 3.25. The van der Waals surface area contributed by atoms with E-state index in [2.05, 4.69) is 10.1 Å².